The second-order valence-electron chi connectivity index (χ2n) is 3.32. The Balaban J connectivity index is 2.04. The Kier molecular flexibility index (Phi) is 4.06. The zero-order valence-corrected chi connectivity index (χ0v) is 11.4. The second kappa shape index (κ2) is 5.74. The van der Waals surface area contributed by atoms with Crippen molar-refractivity contribution in [3.63, 3.8) is 0 Å². The van der Waals surface area contributed by atoms with Crippen LogP contribution in [0, 0.1) is 10.1 Å². The summed E-state index contributed by atoms with van der Waals surface area (Å²) < 4.78 is 1.03. The molecular weight excluding hydrogens is 318 g/mol. The number of hydrazone groups is 1. The summed E-state index contributed by atoms with van der Waals surface area (Å²) in [5, 5.41) is 14.6. The first kappa shape index (κ1) is 12.7. The highest BCUT2D eigenvalue weighted by Crippen LogP contribution is 2.21. The number of nitro benzene ring substituents is 1. The number of benzene rings is 1. The zero-order valence-electron chi connectivity index (χ0n) is 9.04. The molecule has 0 amide bonds. The van der Waals surface area contributed by atoms with Crippen LogP contribution in [0.5, 0.6) is 0 Å². The molecule has 0 saturated carbocycles. The van der Waals surface area contributed by atoms with Gasteiger partial charge in [0, 0.05) is 17.0 Å². The van der Waals surface area contributed by atoms with Gasteiger partial charge in [-0.05, 0) is 34.1 Å². The average molecular weight is 326 g/mol. The lowest BCUT2D eigenvalue weighted by Crippen LogP contribution is -1.92. The summed E-state index contributed by atoms with van der Waals surface area (Å²) in [5.74, 6) is 0. The van der Waals surface area contributed by atoms with Crippen molar-refractivity contribution >= 4 is 44.9 Å². The van der Waals surface area contributed by atoms with Gasteiger partial charge < -0.3 is 0 Å². The van der Waals surface area contributed by atoms with Crippen LogP contribution in [-0.4, -0.2) is 11.1 Å². The molecule has 0 saturated heterocycles. The van der Waals surface area contributed by atoms with Crippen LogP contribution in [-0.2, 0) is 0 Å². The number of non-ortho nitro benzene ring substituents is 1. The Hall–Kier alpha value is -1.73. The van der Waals surface area contributed by atoms with Crippen molar-refractivity contribution in [2.45, 2.75) is 0 Å². The Labute approximate surface area is 115 Å². The molecule has 18 heavy (non-hydrogen) atoms. The van der Waals surface area contributed by atoms with Crippen molar-refractivity contribution in [3.05, 3.63) is 55.2 Å². The van der Waals surface area contributed by atoms with Crippen LogP contribution in [0.3, 0.4) is 0 Å². The number of thiophene rings is 1. The third-order valence-electron chi connectivity index (χ3n) is 2.04. The number of anilines is 1. The van der Waals surface area contributed by atoms with E-state index in [1.165, 1.54) is 12.1 Å². The molecule has 1 aromatic carbocycles. The molecule has 2 rings (SSSR count). The molecule has 1 aromatic heterocycles. The summed E-state index contributed by atoms with van der Waals surface area (Å²) in [6.07, 6.45) is 1.66. The third kappa shape index (κ3) is 3.38. The molecule has 0 fully saturated rings. The van der Waals surface area contributed by atoms with Crippen molar-refractivity contribution in [2.75, 3.05) is 5.43 Å². The molecular formula is C11H8BrN3O2S. The fourth-order valence-corrected chi connectivity index (χ4v) is 2.55. The first-order chi connectivity index (χ1) is 8.65. The number of nitro groups is 1. The van der Waals surface area contributed by atoms with Gasteiger partial charge in [0.25, 0.3) is 5.69 Å². The maximum absolute atomic E-state index is 10.6. The number of nitrogens with zero attached hydrogens (tertiary/aromatic N) is 2. The molecule has 1 N–H and O–H groups in total. The van der Waals surface area contributed by atoms with Gasteiger partial charge in [-0.3, -0.25) is 15.5 Å². The molecule has 0 spiro atoms. The van der Waals surface area contributed by atoms with Crippen molar-refractivity contribution in [1.29, 1.82) is 0 Å². The van der Waals surface area contributed by atoms with Crippen LogP contribution in [0.15, 0.2) is 45.3 Å². The highest BCUT2D eigenvalue weighted by molar-refractivity contribution is 9.11. The van der Waals surface area contributed by atoms with E-state index in [1.807, 2.05) is 12.1 Å². The maximum Gasteiger partial charge on any atom is 0.271 e. The summed E-state index contributed by atoms with van der Waals surface area (Å²) in [6.45, 7) is 0. The fraction of sp³-hybridized carbons (Fsp3) is 0. The van der Waals surface area contributed by atoms with Crippen molar-refractivity contribution in [2.24, 2.45) is 5.10 Å². The van der Waals surface area contributed by atoms with Crippen molar-refractivity contribution in [3.8, 4) is 0 Å². The largest absolute Gasteiger partial charge is 0.278 e. The van der Waals surface area contributed by atoms with Gasteiger partial charge in [-0.25, -0.2) is 0 Å². The van der Waals surface area contributed by atoms with Crippen LogP contribution in [0.4, 0.5) is 11.4 Å². The summed E-state index contributed by atoms with van der Waals surface area (Å²) >= 11 is 4.91. The topological polar surface area (TPSA) is 67.5 Å². The molecule has 0 aliphatic rings. The van der Waals surface area contributed by atoms with Gasteiger partial charge in [-0.1, -0.05) is 6.07 Å². The lowest BCUT2D eigenvalue weighted by Gasteiger charge is -1.98. The SMILES string of the molecule is O=[N+]([O-])c1cccc(NN=Cc2ccc(Br)s2)c1. The average Bonchev–Trinajstić information content (AvgIpc) is 2.75. The summed E-state index contributed by atoms with van der Waals surface area (Å²) in [6, 6.07) is 10.0. The van der Waals surface area contributed by atoms with Crippen LogP contribution < -0.4 is 5.43 Å². The van der Waals surface area contributed by atoms with E-state index in [0.29, 0.717) is 5.69 Å². The minimum Gasteiger partial charge on any atom is -0.278 e. The number of hydrogen-bond donors (Lipinski definition) is 1. The van der Waals surface area contributed by atoms with Gasteiger partial charge in [0.05, 0.1) is 20.6 Å². The van der Waals surface area contributed by atoms with Gasteiger partial charge in [0.15, 0.2) is 0 Å². The number of nitrogens with one attached hydrogen (secondary N) is 1. The van der Waals surface area contributed by atoms with E-state index in [1.54, 1.807) is 29.7 Å². The summed E-state index contributed by atoms with van der Waals surface area (Å²) in [4.78, 5) is 11.1. The van der Waals surface area contributed by atoms with Gasteiger partial charge in [0.2, 0.25) is 0 Å². The lowest BCUT2D eigenvalue weighted by molar-refractivity contribution is -0.384. The summed E-state index contributed by atoms with van der Waals surface area (Å²) in [7, 11) is 0. The van der Waals surface area contributed by atoms with E-state index < -0.39 is 4.92 Å². The molecule has 92 valence electrons. The van der Waals surface area contributed by atoms with Crippen molar-refractivity contribution in [1.82, 2.24) is 0 Å². The highest BCUT2D eigenvalue weighted by Gasteiger charge is 2.04. The van der Waals surface area contributed by atoms with E-state index in [-0.39, 0.29) is 5.69 Å². The molecule has 0 aliphatic heterocycles. The minimum atomic E-state index is -0.439. The zero-order chi connectivity index (χ0) is 13.0. The van der Waals surface area contributed by atoms with Crippen LogP contribution in [0.2, 0.25) is 0 Å². The third-order valence-corrected chi connectivity index (χ3v) is 3.59. The second-order valence-corrected chi connectivity index (χ2v) is 5.81. The molecule has 0 unspecified atom stereocenters. The Morgan fingerprint density at radius 1 is 1.39 bits per heavy atom. The molecule has 5 nitrogen and oxygen atoms in total. The van der Waals surface area contributed by atoms with Gasteiger partial charge in [-0.2, -0.15) is 5.10 Å². The maximum atomic E-state index is 10.6. The molecule has 0 radical (unpaired) electrons. The lowest BCUT2D eigenvalue weighted by atomic mass is 10.3. The smallest absolute Gasteiger partial charge is 0.271 e. The van der Waals surface area contributed by atoms with Gasteiger partial charge in [-0.15, -0.1) is 11.3 Å². The highest BCUT2D eigenvalue weighted by atomic mass is 79.9. The monoisotopic (exact) mass is 325 g/mol. The first-order valence-electron chi connectivity index (χ1n) is 4.94. The Morgan fingerprint density at radius 2 is 2.22 bits per heavy atom. The predicted molar refractivity (Wildman–Crippen MR) is 76.3 cm³/mol. The van der Waals surface area contributed by atoms with Gasteiger partial charge >= 0.3 is 0 Å². The standard InChI is InChI=1S/C11H8BrN3O2S/c12-11-5-4-10(18-11)7-13-14-8-2-1-3-9(6-8)15(16)17/h1-7,14H. The van der Waals surface area contributed by atoms with E-state index in [9.17, 15) is 10.1 Å². The molecule has 1 heterocycles. The van der Waals surface area contributed by atoms with E-state index >= 15 is 0 Å². The Morgan fingerprint density at radius 3 is 2.89 bits per heavy atom. The van der Waals surface area contributed by atoms with E-state index in [0.717, 1.165) is 8.66 Å². The number of hydrogen-bond acceptors (Lipinski definition) is 5. The molecule has 0 bridgehead atoms. The molecule has 2 aromatic rings. The first-order valence-corrected chi connectivity index (χ1v) is 6.55. The Bertz CT molecular complexity index is 597. The number of rotatable bonds is 4. The van der Waals surface area contributed by atoms with Crippen molar-refractivity contribution < 1.29 is 4.92 Å². The fourth-order valence-electron chi connectivity index (χ4n) is 1.26. The minimum absolute atomic E-state index is 0.0362. The van der Waals surface area contributed by atoms with Crippen LogP contribution in [0.1, 0.15) is 4.88 Å². The molecule has 7 heteroatoms. The molecule has 0 aliphatic carbocycles. The van der Waals surface area contributed by atoms with Crippen LogP contribution in [0.25, 0.3) is 0 Å². The van der Waals surface area contributed by atoms with Crippen LogP contribution >= 0.6 is 27.3 Å². The molecule has 0 atom stereocenters. The predicted octanol–water partition coefficient (Wildman–Crippen LogP) is 3.86. The van der Waals surface area contributed by atoms with E-state index in [4.69, 9.17) is 0 Å². The number of halogens is 1. The normalized spacial score (nSPS) is 10.7. The van der Waals surface area contributed by atoms with Gasteiger partial charge in [0.1, 0.15) is 0 Å². The quantitative estimate of drug-likeness (QED) is 0.527. The van der Waals surface area contributed by atoms with E-state index in [2.05, 4.69) is 26.5 Å². The summed E-state index contributed by atoms with van der Waals surface area (Å²) in [5.41, 5.74) is 3.37.